The molecule has 0 saturated heterocycles. The molecule has 6 nitrogen and oxygen atoms in total. The van der Waals surface area contributed by atoms with Gasteiger partial charge in [-0.05, 0) is 70.8 Å². The normalized spacial score (nSPS) is 11.0. The molecule has 0 N–H and O–H groups in total. The van der Waals surface area contributed by atoms with Crippen LogP contribution >= 0.6 is 0 Å². The van der Waals surface area contributed by atoms with Crippen LogP contribution in [0.15, 0.2) is 142 Å². The molecule has 40 heavy (non-hydrogen) atoms. The van der Waals surface area contributed by atoms with Crippen molar-refractivity contribution in [3.05, 3.63) is 133 Å². The lowest BCUT2D eigenvalue weighted by molar-refractivity contribution is 0.582. The molecule has 7 aromatic rings. The average molecular weight is 519 g/mol. The Morgan fingerprint density at radius 3 is 0.750 bits per heavy atom. The van der Waals surface area contributed by atoms with E-state index >= 15 is 0 Å². The zero-order chi connectivity index (χ0) is 26.7. The van der Waals surface area contributed by atoms with Crippen molar-refractivity contribution >= 4 is 0 Å². The molecule has 2 aromatic heterocycles. The fourth-order valence-electron chi connectivity index (χ4n) is 4.54. The van der Waals surface area contributed by atoms with Crippen molar-refractivity contribution in [2.75, 3.05) is 0 Å². The van der Waals surface area contributed by atoms with E-state index in [1.807, 2.05) is 84.9 Å². The van der Waals surface area contributed by atoms with Crippen molar-refractivity contribution in [2.45, 2.75) is 0 Å². The van der Waals surface area contributed by atoms with E-state index in [9.17, 15) is 0 Å². The van der Waals surface area contributed by atoms with Gasteiger partial charge in [0, 0.05) is 22.3 Å². The molecule has 0 amide bonds. The third kappa shape index (κ3) is 4.70. The predicted molar refractivity (Wildman–Crippen MR) is 155 cm³/mol. The first kappa shape index (κ1) is 23.5. The molecule has 0 atom stereocenters. The Labute approximate surface area is 230 Å². The third-order valence-corrected chi connectivity index (χ3v) is 6.71. The quantitative estimate of drug-likeness (QED) is 0.220. The van der Waals surface area contributed by atoms with Gasteiger partial charge >= 0.3 is 0 Å². The van der Waals surface area contributed by atoms with Gasteiger partial charge in [0.25, 0.3) is 0 Å². The Kier molecular flexibility index (Phi) is 6.03. The Morgan fingerprint density at radius 1 is 0.250 bits per heavy atom. The van der Waals surface area contributed by atoms with Crippen molar-refractivity contribution < 1.29 is 8.83 Å². The van der Waals surface area contributed by atoms with Crippen molar-refractivity contribution in [3.8, 4) is 68.1 Å². The van der Waals surface area contributed by atoms with Gasteiger partial charge in [-0.1, -0.05) is 84.9 Å². The highest BCUT2D eigenvalue weighted by Gasteiger charge is 2.14. The first-order chi connectivity index (χ1) is 19.8. The standard InChI is InChI=1S/C34H22N4O2/c1-3-7-23(8-4-1)25-11-15-27(16-12-25)31-35-37-33(39-31)29-19-21-30(22-20-29)34-38-36-32(40-34)28-17-13-26(14-18-28)24-9-5-2-6-10-24/h1-22H. The number of benzene rings is 5. The molecule has 0 bridgehead atoms. The van der Waals surface area contributed by atoms with Gasteiger partial charge in [0.2, 0.25) is 23.6 Å². The highest BCUT2D eigenvalue weighted by Crippen LogP contribution is 2.30. The Morgan fingerprint density at radius 2 is 0.475 bits per heavy atom. The second kappa shape index (κ2) is 10.3. The SMILES string of the molecule is c1ccc(-c2ccc(-c3nnc(-c4ccc(-c5nnc(-c6ccc(-c7ccccc7)cc6)o5)cc4)o3)cc2)cc1. The van der Waals surface area contributed by atoms with Crippen LogP contribution in [0.5, 0.6) is 0 Å². The second-order valence-corrected chi connectivity index (χ2v) is 9.29. The topological polar surface area (TPSA) is 77.8 Å². The fourth-order valence-corrected chi connectivity index (χ4v) is 4.54. The Hall–Kier alpha value is -5.62. The average Bonchev–Trinajstić information content (AvgIpc) is 3.74. The molecule has 0 aliphatic heterocycles. The molecule has 7 rings (SSSR count). The van der Waals surface area contributed by atoms with Crippen molar-refractivity contribution in [2.24, 2.45) is 0 Å². The minimum absolute atomic E-state index is 0.443. The Balaban J connectivity index is 1.06. The first-order valence-corrected chi connectivity index (χ1v) is 12.9. The highest BCUT2D eigenvalue weighted by molar-refractivity contribution is 5.69. The molecule has 0 fully saturated rings. The summed E-state index contributed by atoms with van der Waals surface area (Å²) in [5.74, 6) is 1.83. The third-order valence-electron chi connectivity index (χ3n) is 6.71. The van der Waals surface area contributed by atoms with Gasteiger partial charge in [-0.2, -0.15) is 0 Å². The van der Waals surface area contributed by atoms with Crippen LogP contribution < -0.4 is 0 Å². The van der Waals surface area contributed by atoms with Crippen LogP contribution in [0.2, 0.25) is 0 Å². The van der Waals surface area contributed by atoms with Crippen LogP contribution in [0.1, 0.15) is 0 Å². The van der Waals surface area contributed by atoms with Crippen molar-refractivity contribution in [1.82, 2.24) is 20.4 Å². The minimum atomic E-state index is 0.443. The molecule has 0 aliphatic carbocycles. The minimum Gasteiger partial charge on any atom is -0.416 e. The van der Waals surface area contributed by atoms with E-state index in [0.29, 0.717) is 23.6 Å². The maximum absolute atomic E-state index is 5.98. The van der Waals surface area contributed by atoms with Crippen molar-refractivity contribution in [3.63, 3.8) is 0 Å². The largest absolute Gasteiger partial charge is 0.416 e. The summed E-state index contributed by atoms with van der Waals surface area (Å²) >= 11 is 0. The zero-order valence-corrected chi connectivity index (χ0v) is 21.3. The summed E-state index contributed by atoms with van der Waals surface area (Å²) in [5.41, 5.74) is 7.93. The summed E-state index contributed by atoms with van der Waals surface area (Å²) in [6.45, 7) is 0. The maximum Gasteiger partial charge on any atom is 0.248 e. The molecule has 190 valence electrons. The van der Waals surface area contributed by atoms with Crippen LogP contribution in [0, 0.1) is 0 Å². The lowest BCUT2D eigenvalue weighted by Crippen LogP contribution is -1.81. The van der Waals surface area contributed by atoms with Gasteiger partial charge < -0.3 is 8.83 Å². The molecule has 0 unspecified atom stereocenters. The smallest absolute Gasteiger partial charge is 0.248 e. The summed E-state index contributed by atoms with van der Waals surface area (Å²) in [7, 11) is 0. The summed E-state index contributed by atoms with van der Waals surface area (Å²) in [5, 5.41) is 17.0. The number of rotatable bonds is 6. The van der Waals surface area contributed by atoms with Crippen LogP contribution in [0.25, 0.3) is 68.1 Å². The van der Waals surface area contributed by atoms with E-state index in [0.717, 1.165) is 44.5 Å². The maximum atomic E-state index is 5.98. The van der Waals surface area contributed by atoms with E-state index in [1.165, 1.54) is 0 Å². The van der Waals surface area contributed by atoms with E-state index in [-0.39, 0.29) is 0 Å². The summed E-state index contributed by atoms with van der Waals surface area (Å²) in [6, 6.07) is 44.3. The summed E-state index contributed by atoms with van der Waals surface area (Å²) in [4.78, 5) is 0. The highest BCUT2D eigenvalue weighted by atomic mass is 16.4. The predicted octanol–water partition coefficient (Wildman–Crippen LogP) is 8.45. The number of aromatic nitrogens is 4. The van der Waals surface area contributed by atoms with Gasteiger partial charge in [-0.15, -0.1) is 20.4 Å². The van der Waals surface area contributed by atoms with Gasteiger partial charge in [0.05, 0.1) is 0 Å². The fraction of sp³-hybridized carbons (Fsp3) is 0. The molecule has 0 radical (unpaired) electrons. The summed E-state index contributed by atoms with van der Waals surface area (Å²) in [6.07, 6.45) is 0. The Bertz CT molecular complexity index is 1720. The number of hydrogen-bond acceptors (Lipinski definition) is 6. The van der Waals surface area contributed by atoms with Crippen LogP contribution in [0.3, 0.4) is 0 Å². The second-order valence-electron chi connectivity index (χ2n) is 9.29. The molecular formula is C34H22N4O2. The number of hydrogen-bond donors (Lipinski definition) is 0. The molecule has 0 saturated carbocycles. The van der Waals surface area contributed by atoms with Gasteiger partial charge in [0.15, 0.2) is 0 Å². The summed E-state index contributed by atoms with van der Waals surface area (Å²) < 4.78 is 12.0. The van der Waals surface area contributed by atoms with Gasteiger partial charge in [0.1, 0.15) is 0 Å². The van der Waals surface area contributed by atoms with E-state index in [1.54, 1.807) is 0 Å². The molecule has 0 spiro atoms. The monoisotopic (exact) mass is 518 g/mol. The van der Waals surface area contributed by atoms with Gasteiger partial charge in [-0.3, -0.25) is 0 Å². The molecule has 5 aromatic carbocycles. The van der Waals surface area contributed by atoms with Crippen LogP contribution in [0.4, 0.5) is 0 Å². The van der Waals surface area contributed by atoms with Crippen LogP contribution in [-0.2, 0) is 0 Å². The zero-order valence-electron chi connectivity index (χ0n) is 21.3. The van der Waals surface area contributed by atoms with E-state index in [4.69, 9.17) is 8.83 Å². The first-order valence-electron chi connectivity index (χ1n) is 12.9. The van der Waals surface area contributed by atoms with Gasteiger partial charge in [-0.25, -0.2) is 0 Å². The molecule has 0 aliphatic rings. The molecular weight excluding hydrogens is 496 g/mol. The molecule has 6 heteroatoms. The van der Waals surface area contributed by atoms with Crippen molar-refractivity contribution in [1.29, 1.82) is 0 Å². The van der Waals surface area contributed by atoms with E-state index in [2.05, 4.69) is 68.9 Å². The lowest BCUT2D eigenvalue weighted by atomic mass is 10.0. The van der Waals surface area contributed by atoms with E-state index < -0.39 is 0 Å². The lowest BCUT2D eigenvalue weighted by Gasteiger charge is -2.02. The molecule has 2 heterocycles. The number of nitrogens with zero attached hydrogens (tertiary/aromatic N) is 4. The van der Waals surface area contributed by atoms with Crippen LogP contribution in [-0.4, -0.2) is 20.4 Å².